The summed E-state index contributed by atoms with van der Waals surface area (Å²) in [6.07, 6.45) is -0.589. The first-order valence-corrected chi connectivity index (χ1v) is 9.04. The third-order valence-corrected chi connectivity index (χ3v) is 4.11. The normalized spacial score (nSPS) is 17.8. The predicted molar refractivity (Wildman–Crippen MR) is 97.3 cm³/mol. The molecule has 2 N–H and O–H groups in total. The number of carbonyl (C=O) groups is 1. The van der Waals surface area contributed by atoms with Crippen molar-refractivity contribution >= 4 is 22.8 Å². The molecule has 9 heteroatoms. The first-order valence-electron chi connectivity index (χ1n) is 8.27. The van der Waals surface area contributed by atoms with Crippen LogP contribution in [0.25, 0.3) is 0 Å². The van der Waals surface area contributed by atoms with Crippen molar-refractivity contribution in [2.75, 3.05) is 25.4 Å². The van der Waals surface area contributed by atoms with E-state index in [0.717, 1.165) is 17.1 Å². The molecule has 0 unspecified atom stereocenters. The number of hydrogen-bond donors (Lipinski definition) is 1. The largest absolute Gasteiger partial charge is 0.444 e. The van der Waals surface area contributed by atoms with Crippen molar-refractivity contribution in [2.45, 2.75) is 32.5 Å². The Hall–Kier alpha value is -2.39. The van der Waals surface area contributed by atoms with Crippen molar-refractivity contribution in [3.63, 3.8) is 0 Å². The summed E-state index contributed by atoms with van der Waals surface area (Å²) in [5.41, 5.74) is 5.94. The van der Waals surface area contributed by atoms with Crippen molar-refractivity contribution in [2.24, 2.45) is 0 Å². The van der Waals surface area contributed by atoms with Crippen molar-refractivity contribution < 1.29 is 19.0 Å². The second kappa shape index (κ2) is 7.46. The minimum absolute atomic E-state index is 0.213. The molecule has 1 saturated heterocycles. The number of amides is 1. The molecule has 8 nitrogen and oxygen atoms in total. The summed E-state index contributed by atoms with van der Waals surface area (Å²) in [5.74, 6) is 0.582. The van der Waals surface area contributed by atoms with Crippen LogP contribution < -0.4 is 10.5 Å². The lowest BCUT2D eigenvalue weighted by Gasteiger charge is -2.34. The zero-order chi connectivity index (χ0) is 18.7. The lowest BCUT2D eigenvalue weighted by atomic mass is 10.1. The third kappa shape index (κ3) is 4.83. The Morgan fingerprint density at radius 2 is 2.23 bits per heavy atom. The van der Waals surface area contributed by atoms with Crippen LogP contribution in [0.1, 0.15) is 32.4 Å². The number of morpholine rings is 1. The monoisotopic (exact) mass is 378 g/mol. The average molecular weight is 378 g/mol. The van der Waals surface area contributed by atoms with Crippen molar-refractivity contribution in [3.05, 3.63) is 29.8 Å². The minimum Gasteiger partial charge on any atom is -0.444 e. The van der Waals surface area contributed by atoms with Crippen LogP contribution >= 0.6 is 11.5 Å². The van der Waals surface area contributed by atoms with Gasteiger partial charge in [0.05, 0.1) is 13.2 Å². The minimum atomic E-state index is -0.527. The molecule has 3 rings (SSSR count). The molecule has 1 fully saturated rings. The number of carbonyl (C=O) groups excluding carboxylic acids is 1. The van der Waals surface area contributed by atoms with Crippen LogP contribution in [0.2, 0.25) is 0 Å². The van der Waals surface area contributed by atoms with Crippen LogP contribution in [-0.4, -0.2) is 45.6 Å². The molecule has 0 aliphatic carbocycles. The predicted octanol–water partition coefficient (Wildman–Crippen LogP) is 3.22. The highest BCUT2D eigenvalue weighted by Gasteiger charge is 2.29. The number of anilines is 1. The van der Waals surface area contributed by atoms with E-state index in [1.54, 1.807) is 11.0 Å². The maximum Gasteiger partial charge on any atom is 0.410 e. The summed E-state index contributed by atoms with van der Waals surface area (Å²) in [5, 5.41) is 0.347. The average Bonchev–Trinajstić information content (AvgIpc) is 2.98. The molecule has 0 saturated carbocycles. The van der Waals surface area contributed by atoms with E-state index < -0.39 is 5.60 Å². The maximum absolute atomic E-state index is 12.3. The Kier molecular flexibility index (Phi) is 5.28. The Morgan fingerprint density at radius 3 is 2.92 bits per heavy atom. The van der Waals surface area contributed by atoms with E-state index in [-0.39, 0.29) is 18.2 Å². The lowest BCUT2D eigenvalue weighted by Crippen LogP contribution is -2.44. The molecule has 2 heterocycles. The Bertz CT molecular complexity index is 774. The van der Waals surface area contributed by atoms with Crippen molar-refractivity contribution in [3.8, 4) is 11.8 Å². The maximum atomic E-state index is 12.3. The molecule has 0 spiro atoms. The summed E-state index contributed by atoms with van der Waals surface area (Å²) in [6.45, 7) is 6.91. The number of rotatable bonds is 3. The van der Waals surface area contributed by atoms with Crippen LogP contribution in [0.15, 0.2) is 24.3 Å². The summed E-state index contributed by atoms with van der Waals surface area (Å²) in [7, 11) is 0. The Labute approximate surface area is 156 Å². The number of nitrogen functional groups attached to an aromatic ring is 1. The summed E-state index contributed by atoms with van der Waals surface area (Å²) in [6, 6.07) is 7.65. The number of aromatic nitrogens is 2. The fraction of sp³-hybridized carbons (Fsp3) is 0.471. The summed E-state index contributed by atoms with van der Waals surface area (Å²) in [4.78, 5) is 17.9. The number of nitrogens with zero attached hydrogens (tertiary/aromatic N) is 3. The molecule has 1 aromatic carbocycles. The second-order valence-corrected chi connectivity index (χ2v) is 7.66. The highest BCUT2D eigenvalue weighted by atomic mass is 32.1. The van der Waals surface area contributed by atoms with Gasteiger partial charge in [-0.2, -0.15) is 4.98 Å². The summed E-state index contributed by atoms with van der Waals surface area (Å²) >= 11 is 1.07. The number of benzene rings is 1. The Morgan fingerprint density at radius 1 is 1.42 bits per heavy atom. The van der Waals surface area contributed by atoms with Crippen molar-refractivity contribution in [1.29, 1.82) is 0 Å². The van der Waals surface area contributed by atoms with E-state index >= 15 is 0 Å². The van der Waals surface area contributed by atoms with Gasteiger partial charge >= 0.3 is 12.1 Å². The van der Waals surface area contributed by atoms with Gasteiger partial charge in [-0.05, 0) is 38.5 Å². The van der Waals surface area contributed by atoms with Gasteiger partial charge in [-0.25, -0.2) is 4.79 Å². The molecular weight excluding hydrogens is 356 g/mol. The van der Waals surface area contributed by atoms with Crippen LogP contribution in [0.3, 0.4) is 0 Å². The first-order chi connectivity index (χ1) is 12.3. The van der Waals surface area contributed by atoms with Crippen molar-refractivity contribution in [1.82, 2.24) is 14.3 Å². The van der Waals surface area contributed by atoms with Gasteiger partial charge in [-0.3, -0.25) is 0 Å². The highest BCUT2D eigenvalue weighted by Crippen LogP contribution is 2.28. The number of hydrogen-bond acceptors (Lipinski definition) is 8. The Balaban J connectivity index is 1.68. The number of nitrogens with two attached hydrogens (primary N) is 1. The van der Waals surface area contributed by atoms with Crippen LogP contribution in [0.5, 0.6) is 11.8 Å². The topological polar surface area (TPSA) is 99.8 Å². The SMILES string of the molecule is CC(C)(C)OC(=O)N1CCO[C@H](c2cccc(Oc3nsc(N)n3)c2)C1. The molecule has 1 aliphatic rings. The van der Waals surface area contributed by atoms with Crippen LogP contribution in [0.4, 0.5) is 9.93 Å². The molecule has 26 heavy (non-hydrogen) atoms. The molecular formula is C17H22N4O4S. The van der Waals surface area contributed by atoms with E-state index in [1.807, 2.05) is 39.0 Å². The lowest BCUT2D eigenvalue weighted by molar-refractivity contribution is -0.0433. The van der Waals surface area contributed by atoms with E-state index in [0.29, 0.717) is 30.6 Å². The standard InChI is InChI=1S/C17H22N4O4S/c1-17(2,3)25-16(22)21-7-8-23-13(10-21)11-5-4-6-12(9-11)24-15-19-14(18)26-20-15/h4-6,9,13H,7-8,10H2,1-3H3,(H2,18,19,20)/t13-/m0/s1. The zero-order valence-electron chi connectivity index (χ0n) is 15.0. The molecule has 0 bridgehead atoms. The van der Waals surface area contributed by atoms with Crippen LogP contribution in [-0.2, 0) is 9.47 Å². The molecule has 1 amide bonds. The van der Waals surface area contributed by atoms with Gasteiger partial charge in [0.15, 0.2) is 0 Å². The second-order valence-electron chi connectivity index (χ2n) is 6.88. The summed E-state index contributed by atoms with van der Waals surface area (Å²) < 4.78 is 20.9. The molecule has 1 aliphatic heterocycles. The van der Waals surface area contributed by atoms with Gasteiger partial charge in [-0.15, -0.1) is 4.37 Å². The van der Waals surface area contributed by atoms with Gasteiger partial charge < -0.3 is 24.8 Å². The zero-order valence-corrected chi connectivity index (χ0v) is 15.8. The van der Waals surface area contributed by atoms with E-state index in [1.165, 1.54) is 0 Å². The van der Waals surface area contributed by atoms with Gasteiger partial charge in [0.2, 0.25) is 5.13 Å². The molecule has 140 valence electrons. The van der Waals surface area contributed by atoms with Crippen LogP contribution in [0, 0.1) is 0 Å². The number of ether oxygens (including phenoxy) is 3. The highest BCUT2D eigenvalue weighted by molar-refractivity contribution is 7.09. The van der Waals surface area contributed by atoms with Gasteiger partial charge in [-0.1, -0.05) is 12.1 Å². The van der Waals surface area contributed by atoms with Gasteiger partial charge in [0.25, 0.3) is 0 Å². The quantitative estimate of drug-likeness (QED) is 0.875. The van der Waals surface area contributed by atoms with Gasteiger partial charge in [0, 0.05) is 18.1 Å². The van der Waals surface area contributed by atoms with E-state index in [2.05, 4.69) is 9.36 Å². The van der Waals surface area contributed by atoms with E-state index in [9.17, 15) is 4.79 Å². The molecule has 2 aromatic rings. The smallest absolute Gasteiger partial charge is 0.410 e. The third-order valence-electron chi connectivity index (χ3n) is 3.58. The van der Waals surface area contributed by atoms with Gasteiger partial charge in [0.1, 0.15) is 17.5 Å². The fourth-order valence-corrected chi connectivity index (χ4v) is 2.86. The molecule has 0 radical (unpaired) electrons. The van der Waals surface area contributed by atoms with E-state index in [4.69, 9.17) is 19.9 Å². The molecule has 1 aromatic heterocycles. The fourth-order valence-electron chi connectivity index (χ4n) is 2.49. The molecule has 1 atom stereocenters. The first kappa shape index (κ1) is 18.4.